The molecule has 0 saturated heterocycles. The lowest BCUT2D eigenvalue weighted by molar-refractivity contribution is 0.0310. The second kappa shape index (κ2) is 8.90. The molecule has 0 fully saturated rings. The number of carbonyl (C=O) groups is 1. The summed E-state index contributed by atoms with van der Waals surface area (Å²) in [6, 6.07) is 14.5. The Balaban J connectivity index is 2.29. The maximum atomic E-state index is 12.9. The molecule has 0 aliphatic rings. The molecule has 0 N–H and O–H groups in total. The fraction of sp³-hybridized carbons (Fsp3) is 0.235. The van der Waals surface area contributed by atoms with Gasteiger partial charge in [0.1, 0.15) is 6.10 Å². The zero-order valence-corrected chi connectivity index (χ0v) is 14.2. The first kappa shape index (κ1) is 17.8. The average molecular weight is 351 g/mol. The third kappa shape index (κ3) is 4.69. The summed E-state index contributed by atoms with van der Waals surface area (Å²) in [4.78, 5) is 12.9. The fourth-order valence-electron chi connectivity index (χ4n) is 2.27. The molecule has 4 nitrogen and oxygen atoms in total. The molecule has 1 atom stereocenters. The van der Waals surface area contributed by atoms with Crippen LogP contribution < -0.4 is 0 Å². The fourth-order valence-corrected chi connectivity index (χ4v) is 2.73. The van der Waals surface area contributed by atoms with Gasteiger partial charge in [0.2, 0.25) is 0 Å². The molecule has 0 bridgehead atoms. The summed E-state index contributed by atoms with van der Waals surface area (Å²) in [5, 5.41) is 0.397. The highest BCUT2D eigenvalue weighted by molar-refractivity contribution is 7.17. The maximum absolute atomic E-state index is 12.9. The van der Waals surface area contributed by atoms with Gasteiger partial charge in [0, 0.05) is 5.56 Å². The van der Waals surface area contributed by atoms with Gasteiger partial charge in [-0.25, -0.2) is 4.57 Å². The van der Waals surface area contributed by atoms with Crippen LogP contribution in [0.15, 0.2) is 48.5 Å². The Labute approximate surface area is 141 Å². The SMILES string of the molecule is Cc1cccc(Cl)c1C(=O)C(OCCOP=O)c1ccccc1. The number of Topliss-reactive ketones (excluding diaryl/α,β-unsaturated/α-hetero) is 1. The number of benzene rings is 2. The molecule has 120 valence electrons. The summed E-state index contributed by atoms with van der Waals surface area (Å²) in [6.45, 7) is 2.10. The Morgan fingerprint density at radius 3 is 2.52 bits per heavy atom. The van der Waals surface area contributed by atoms with Crippen LogP contribution in [0.4, 0.5) is 0 Å². The van der Waals surface area contributed by atoms with Gasteiger partial charge in [-0.3, -0.25) is 9.32 Å². The van der Waals surface area contributed by atoms with E-state index in [2.05, 4.69) is 0 Å². The van der Waals surface area contributed by atoms with E-state index in [9.17, 15) is 9.36 Å². The van der Waals surface area contributed by atoms with Gasteiger partial charge in [0.25, 0.3) is 0 Å². The smallest absolute Gasteiger partial charge is 0.327 e. The third-order valence-corrected chi connectivity index (χ3v) is 3.92. The molecular formula is C17H16ClO4P. The van der Waals surface area contributed by atoms with Crippen molar-refractivity contribution < 1.29 is 18.6 Å². The minimum Gasteiger partial charge on any atom is -0.363 e. The molecule has 0 radical (unpaired) electrons. The summed E-state index contributed by atoms with van der Waals surface area (Å²) in [6.07, 6.45) is -0.790. The zero-order valence-electron chi connectivity index (χ0n) is 12.6. The summed E-state index contributed by atoms with van der Waals surface area (Å²) in [7, 11) is -0.411. The van der Waals surface area contributed by atoms with E-state index >= 15 is 0 Å². The van der Waals surface area contributed by atoms with Gasteiger partial charge in [-0.1, -0.05) is 54.1 Å². The lowest BCUT2D eigenvalue weighted by Crippen LogP contribution is -2.19. The standard InChI is InChI=1S/C17H16ClO4P/c1-12-6-5-9-14(18)15(12)16(19)17(21-10-11-22-23-20)13-7-3-2-4-8-13/h2-9,17H,10-11H2,1H3. The molecule has 0 aliphatic heterocycles. The van der Waals surface area contributed by atoms with Crippen LogP contribution in [-0.2, 0) is 13.8 Å². The highest BCUT2D eigenvalue weighted by atomic mass is 35.5. The van der Waals surface area contributed by atoms with Crippen LogP contribution in [0, 0.1) is 6.92 Å². The summed E-state index contributed by atoms with van der Waals surface area (Å²) in [5.74, 6) is -0.209. The van der Waals surface area contributed by atoms with Crippen LogP contribution in [0.1, 0.15) is 27.6 Å². The quantitative estimate of drug-likeness (QED) is 0.389. The highest BCUT2D eigenvalue weighted by Gasteiger charge is 2.25. The molecule has 0 saturated carbocycles. The van der Waals surface area contributed by atoms with Gasteiger partial charge < -0.3 is 4.74 Å². The van der Waals surface area contributed by atoms with E-state index in [1.54, 1.807) is 12.1 Å². The third-order valence-electron chi connectivity index (χ3n) is 3.32. The Morgan fingerprint density at radius 1 is 1.13 bits per heavy atom. The molecule has 0 spiro atoms. The highest BCUT2D eigenvalue weighted by Crippen LogP contribution is 2.28. The van der Waals surface area contributed by atoms with E-state index in [0.29, 0.717) is 10.6 Å². The van der Waals surface area contributed by atoms with E-state index in [0.717, 1.165) is 11.1 Å². The van der Waals surface area contributed by atoms with Crippen LogP contribution in [0.25, 0.3) is 0 Å². The topological polar surface area (TPSA) is 52.6 Å². The van der Waals surface area contributed by atoms with E-state index in [-0.39, 0.29) is 19.0 Å². The number of halogens is 1. The van der Waals surface area contributed by atoms with E-state index in [1.165, 1.54) is 0 Å². The molecule has 0 aliphatic carbocycles. The average Bonchev–Trinajstić information content (AvgIpc) is 2.55. The number of hydrogen-bond acceptors (Lipinski definition) is 4. The van der Waals surface area contributed by atoms with Crippen molar-refractivity contribution in [2.75, 3.05) is 13.2 Å². The molecule has 2 aromatic rings. The Bertz CT molecular complexity index is 655. The van der Waals surface area contributed by atoms with Gasteiger partial charge in [0.05, 0.1) is 18.2 Å². The molecule has 0 amide bonds. The second-order valence-electron chi connectivity index (χ2n) is 4.87. The molecule has 0 heterocycles. The van der Waals surface area contributed by atoms with Gasteiger partial charge >= 0.3 is 8.69 Å². The zero-order chi connectivity index (χ0) is 16.7. The first-order valence-electron chi connectivity index (χ1n) is 7.05. The van der Waals surface area contributed by atoms with Crippen LogP contribution in [0.2, 0.25) is 5.02 Å². The van der Waals surface area contributed by atoms with Crippen molar-refractivity contribution in [3.05, 3.63) is 70.2 Å². The van der Waals surface area contributed by atoms with Crippen molar-refractivity contribution in [2.45, 2.75) is 13.0 Å². The molecule has 23 heavy (non-hydrogen) atoms. The van der Waals surface area contributed by atoms with Crippen molar-refractivity contribution in [3.8, 4) is 0 Å². The van der Waals surface area contributed by atoms with Gasteiger partial charge in [-0.2, -0.15) is 0 Å². The number of carbonyl (C=O) groups excluding carboxylic acids is 1. The van der Waals surface area contributed by atoms with Crippen molar-refractivity contribution >= 4 is 26.1 Å². The molecule has 0 aromatic heterocycles. The Kier molecular flexibility index (Phi) is 6.87. The van der Waals surface area contributed by atoms with Crippen LogP contribution in [-0.4, -0.2) is 19.0 Å². The number of rotatable bonds is 8. The predicted molar refractivity (Wildman–Crippen MR) is 89.2 cm³/mol. The Morgan fingerprint density at radius 2 is 1.87 bits per heavy atom. The molecule has 2 aromatic carbocycles. The predicted octanol–water partition coefficient (Wildman–Crippen LogP) is 4.81. The minimum absolute atomic E-state index is 0.128. The second-order valence-corrected chi connectivity index (χ2v) is 5.68. The van der Waals surface area contributed by atoms with Crippen LogP contribution in [0.3, 0.4) is 0 Å². The summed E-state index contributed by atoms with van der Waals surface area (Å²) in [5.41, 5.74) is 1.98. The van der Waals surface area contributed by atoms with Crippen LogP contribution >= 0.6 is 20.3 Å². The molecule has 6 heteroatoms. The molecule has 1 unspecified atom stereocenters. The van der Waals surface area contributed by atoms with Gasteiger partial charge in [-0.15, -0.1) is 0 Å². The maximum Gasteiger partial charge on any atom is 0.327 e. The van der Waals surface area contributed by atoms with E-state index < -0.39 is 14.8 Å². The monoisotopic (exact) mass is 350 g/mol. The van der Waals surface area contributed by atoms with Crippen molar-refractivity contribution in [1.29, 1.82) is 0 Å². The number of hydrogen-bond donors (Lipinski definition) is 0. The number of ether oxygens (including phenoxy) is 1. The molecule has 2 rings (SSSR count). The normalized spacial score (nSPS) is 12.3. The Hall–Kier alpha value is -1.58. The minimum atomic E-state index is -0.790. The lowest BCUT2D eigenvalue weighted by atomic mass is 9.96. The van der Waals surface area contributed by atoms with Crippen molar-refractivity contribution in [3.63, 3.8) is 0 Å². The summed E-state index contributed by atoms with van der Waals surface area (Å²) < 4.78 is 20.7. The van der Waals surface area contributed by atoms with Gasteiger partial charge in [-0.05, 0) is 24.1 Å². The number of ketones is 1. The number of aryl methyl sites for hydroxylation is 1. The largest absolute Gasteiger partial charge is 0.363 e. The first-order valence-corrected chi connectivity index (χ1v) is 8.16. The van der Waals surface area contributed by atoms with Crippen molar-refractivity contribution in [1.82, 2.24) is 0 Å². The first-order chi connectivity index (χ1) is 11.1. The molecular weight excluding hydrogens is 335 g/mol. The lowest BCUT2D eigenvalue weighted by Gasteiger charge is -2.19. The van der Waals surface area contributed by atoms with Gasteiger partial charge in [0.15, 0.2) is 5.78 Å². The van der Waals surface area contributed by atoms with E-state index in [1.807, 2.05) is 43.3 Å². The van der Waals surface area contributed by atoms with Crippen molar-refractivity contribution in [2.24, 2.45) is 0 Å². The summed E-state index contributed by atoms with van der Waals surface area (Å²) >= 11 is 6.20. The van der Waals surface area contributed by atoms with E-state index in [4.69, 9.17) is 20.9 Å². The van der Waals surface area contributed by atoms with Crippen LogP contribution in [0.5, 0.6) is 0 Å².